The van der Waals surface area contributed by atoms with Crippen molar-refractivity contribution in [3.05, 3.63) is 0 Å². The van der Waals surface area contributed by atoms with E-state index >= 15 is 0 Å². The Morgan fingerprint density at radius 3 is 2.60 bits per heavy atom. The summed E-state index contributed by atoms with van der Waals surface area (Å²) in [6.07, 6.45) is 3.77. The van der Waals surface area contributed by atoms with Crippen LogP contribution in [-0.2, 0) is 14.6 Å². The Balaban J connectivity index is 2.63. The fourth-order valence-corrected chi connectivity index (χ4v) is 5.16. The van der Waals surface area contributed by atoms with E-state index in [1.54, 1.807) is 16.7 Å². The van der Waals surface area contributed by atoms with Gasteiger partial charge in [0.2, 0.25) is 5.91 Å². The molecule has 3 unspecified atom stereocenters. The number of hydrogen-bond donors (Lipinski definition) is 1. The van der Waals surface area contributed by atoms with E-state index in [1.807, 2.05) is 13.8 Å². The van der Waals surface area contributed by atoms with Gasteiger partial charge < -0.3 is 10.6 Å². The van der Waals surface area contributed by atoms with E-state index in [1.165, 1.54) is 6.26 Å². The van der Waals surface area contributed by atoms with Gasteiger partial charge in [-0.05, 0) is 19.8 Å². The van der Waals surface area contributed by atoms with Crippen LogP contribution >= 0.6 is 11.8 Å². The zero-order valence-corrected chi connectivity index (χ0v) is 14.2. The molecule has 0 spiro atoms. The molecule has 0 bridgehead atoms. The highest BCUT2D eigenvalue weighted by Crippen LogP contribution is 2.23. The summed E-state index contributed by atoms with van der Waals surface area (Å²) in [5.41, 5.74) is 5.70. The van der Waals surface area contributed by atoms with Crippen molar-refractivity contribution < 1.29 is 13.2 Å². The van der Waals surface area contributed by atoms with Crippen molar-refractivity contribution >= 4 is 27.5 Å². The summed E-state index contributed by atoms with van der Waals surface area (Å²) in [5.74, 6) is 1.12. The monoisotopic (exact) mass is 322 g/mol. The molecule has 5 nitrogen and oxygen atoms in total. The third-order valence-electron chi connectivity index (χ3n) is 3.58. The van der Waals surface area contributed by atoms with Crippen LogP contribution in [0.1, 0.15) is 33.1 Å². The van der Waals surface area contributed by atoms with Gasteiger partial charge in [-0.2, -0.15) is 11.8 Å². The minimum absolute atomic E-state index is 0.0367. The first-order valence-corrected chi connectivity index (χ1v) is 10.2. The highest BCUT2D eigenvalue weighted by Gasteiger charge is 2.35. The Labute approximate surface area is 126 Å². The van der Waals surface area contributed by atoms with E-state index in [4.69, 9.17) is 5.73 Å². The second-order valence-corrected chi connectivity index (χ2v) is 9.05. The van der Waals surface area contributed by atoms with Crippen molar-refractivity contribution in [1.82, 2.24) is 4.90 Å². The van der Waals surface area contributed by atoms with Crippen LogP contribution in [0.25, 0.3) is 0 Å². The lowest BCUT2D eigenvalue weighted by Crippen LogP contribution is -2.51. The van der Waals surface area contributed by atoms with Crippen molar-refractivity contribution in [2.75, 3.05) is 24.3 Å². The molecule has 1 fully saturated rings. The van der Waals surface area contributed by atoms with Gasteiger partial charge in [-0.25, -0.2) is 8.42 Å². The van der Waals surface area contributed by atoms with Crippen LogP contribution in [0.5, 0.6) is 0 Å². The second kappa shape index (κ2) is 7.66. The number of nitrogens with two attached hydrogens (primary N) is 1. The Hall–Kier alpha value is -0.270. The van der Waals surface area contributed by atoms with Crippen molar-refractivity contribution in [2.45, 2.75) is 44.5 Å². The van der Waals surface area contributed by atoms with Gasteiger partial charge in [-0.1, -0.05) is 13.3 Å². The lowest BCUT2D eigenvalue weighted by molar-refractivity contribution is -0.135. The van der Waals surface area contributed by atoms with Gasteiger partial charge in [0.1, 0.15) is 5.37 Å². The first-order chi connectivity index (χ1) is 9.23. The highest BCUT2D eigenvalue weighted by molar-refractivity contribution is 8.00. The molecule has 1 aliphatic rings. The summed E-state index contributed by atoms with van der Waals surface area (Å²) in [6.45, 7) is 4.36. The fourth-order valence-electron chi connectivity index (χ4n) is 2.34. The molecule has 3 atom stereocenters. The zero-order chi connectivity index (χ0) is 15.3. The maximum absolute atomic E-state index is 12.5. The minimum Gasteiger partial charge on any atom is -0.328 e. The summed E-state index contributed by atoms with van der Waals surface area (Å²) in [6, 6.07) is 0.146. The van der Waals surface area contributed by atoms with Crippen molar-refractivity contribution in [3.63, 3.8) is 0 Å². The predicted molar refractivity (Wildman–Crippen MR) is 84.3 cm³/mol. The quantitative estimate of drug-likeness (QED) is 0.791. The number of carbonyl (C=O) groups excluding carboxylic acids is 1. The molecule has 0 saturated carbocycles. The molecule has 7 heteroatoms. The van der Waals surface area contributed by atoms with E-state index in [2.05, 4.69) is 0 Å². The molecule has 2 N–H and O–H groups in total. The molecule has 1 aliphatic heterocycles. The molecule has 1 rings (SSSR count). The molecule has 0 radical (unpaired) electrons. The normalized spacial score (nSPS) is 23.4. The molecule has 0 aliphatic carbocycles. The summed E-state index contributed by atoms with van der Waals surface area (Å²) >= 11 is 1.59. The lowest BCUT2D eigenvalue weighted by atomic mass is 10.0. The number of nitrogens with zero attached hydrogens (tertiary/aromatic N) is 1. The van der Waals surface area contributed by atoms with E-state index in [0.29, 0.717) is 12.3 Å². The van der Waals surface area contributed by atoms with Crippen molar-refractivity contribution in [2.24, 2.45) is 11.7 Å². The Kier molecular flexibility index (Phi) is 6.81. The zero-order valence-electron chi connectivity index (χ0n) is 12.5. The average Bonchev–Trinajstić information content (AvgIpc) is 2.36. The first-order valence-electron chi connectivity index (χ1n) is 7.06. The van der Waals surface area contributed by atoms with E-state index in [0.717, 1.165) is 25.0 Å². The van der Waals surface area contributed by atoms with Crippen molar-refractivity contribution in [1.29, 1.82) is 0 Å². The third-order valence-corrected chi connectivity index (χ3v) is 6.22. The Morgan fingerprint density at radius 1 is 1.40 bits per heavy atom. The first kappa shape index (κ1) is 17.8. The van der Waals surface area contributed by atoms with E-state index < -0.39 is 15.2 Å². The lowest BCUT2D eigenvalue weighted by Gasteiger charge is -2.35. The molecular weight excluding hydrogens is 296 g/mol. The van der Waals surface area contributed by atoms with E-state index in [-0.39, 0.29) is 17.9 Å². The summed E-state index contributed by atoms with van der Waals surface area (Å²) in [7, 11) is -3.22. The second-order valence-electron chi connectivity index (χ2n) is 5.70. The van der Waals surface area contributed by atoms with Crippen LogP contribution in [0, 0.1) is 5.92 Å². The molecule has 0 aromatic heterocycles. The average molecular weight is 322 g/mol. The smallest absolute Gasteiger partial charge is 0.226 e. The van der Waals surface area contributed by atoms with Gasteiger partial charge >= 0.3 is 0 Å². The van der Waals surface area contributed by atoms with Crippen LogP contribution < -0.4 is 5.73 Å². The van der Waals surface area contributed by atoms with Crippen LogP contribution in [0.2, 0.25) is 0 Å². The number of carbonyl (C=O) groups is 1. The van der Waals surface area contributed by atoms with Gasteiger partial charge in [0.25, 0.3) is 0 Å². The fraction of sp³-hybridized carbons (Fsp3) is 0.923. The van der Waals surface area contributed by atoms with Gasteiger partial charge in [0.05, 0.1) is 0 Å². The number of amides is 1. The minimum atomic E-state index is -3.22. The van der Waals surface area contributed by atoms with Crippen LogP contribution in [0.4, 0.5) is 0 Å². The largest absolute Gasteiger partial charge is 0.328 e. The van der Waals surface area contributed by atoms with Gasteiger partial charge in [0.15, 0.2) is 9.84 Å². The standard InChI is InChI=1S/C13H26N2O3S2/c1-10(5-4-6-11(2)14)13(16)15-7-8-19-9-12(15)20(3,17)18/h10-12H,4-9,14H2,1-3H3. The van der Waals surface area contributed by atoms with Gasteiger partial charge in [0, 0.05) is 36.3 Å². The molecular formula is C13H26N2O3S2. The molecule has 1 heterocycles. The summed E-state index contributed by atoms with van der Waals surface area (Å²) < 4.78 is 23.6. The molecule has 1 amide bonds. The van der Waals surface area contributed by atoms with Gasteiger partial charge in [-0.3, -0.25) is 4.79 Å². The SMILES string of the molecule is CC(N)CCCC(C)C(=O)N1CCSCC1S(C)(=O)=O. The number of hydrogen-bond acceptors (Lipinski definition) is 5. The number of thioether (sulfide) groups is 1. The number of sulfone groups is 1. The van der Waals surface area contributed by atoms with Crippen LogP contribution in [0.3, 0.4) is 0 Å². The maximum Gasteiger partial charge on any atom is 0.226 e. The van der Waals surface area contributed by atoms with Gasteiger partial charge in [-0.15, -0.1) is 0 Å². The molecule has 1 saturated heterocycles. The third kappa shape index (κ3) is 5.26. The Morgan fingerprint density at radius 2 is 2.05 bits per heavy atom. The van der Waals surface area contributed by atoms with E-state index in [9.17, 15) is 13.2 Å². The van der Waals surface area contributed by atoms with Crippen LogP contribution in [-0.4, -0.2) is 54.9 Å². The Bertz CT molecular complexity index is 423. The predicted octanol–water partition coefficient (Wildman–Crippen LogP) is 1.09. The molecule has 20 heavy (non-hydrogen) atoms. The summed E-state index contributed by atoms with van der Waals surface area (Å²) in [4.78, 5) is 14.0. The molecule has 0 aromatic rings. The van der Waals surface area contributed by atoms with Crippen LogP contribution in [0.15, 0.2) is 0 Å². The van der Waals surface area contributed by atoms with Crippen molar-refractivity contribution in [3.8, 4) is 0 Å². The number of rotatable bonds is 6. The topological polar surface area (TPSA) is 80.5 Å². The maximum atomic E-state index is 12.5. The molecule has 0 aromatic carbocycles. The molecule has 118 valence electrons. The highest BCUT2D eigenvalue weighted by atomic mass is 32.2. The summed E-state index contributed by atoms with van der Waals surface area (Å²) in [5, 5.41) is -0.662.